The summed E-state index contributed by atoms with van der Waals surface area (Å²) in [5, 5.41) is 8.13. The Bertz CT molecular complexity index is 258. The molecule has 70 valence electrons. The molecule has 0 bridgehead atoms. The van der Waals surface area contributed by atoms with Gasteiger partial charge in [0, 0.05) is 0 Å². The Labute approximate surface area is 75.7 Å². The predicted octanol–water partition coefficient (Wildman–Crippen LogP) is 1.76. The molecular formula is C9H10O4. The van der Waals surface area contributed by atoms with Gasteiger partial charge in [0.25, 0.3) is 0 Å². The third-order valence-corrected chi connectivity index (χ3v) is 1.32. The van der Waals surface area contributed by atoms with Crippen LogP contribution in [0.4, 0.5) is 4.79 Å². The first-order chi connectivity index (χ1) is 6.29. The van der Waals surface area contributed by atoms with Crippen LogP contribution in [0.5, 0.6) is 5.75 Å². The average Bonchev–Trinajstić information content (AvgIpc) is 2.14. The molecule has 1 aromatic rings. The van der Waals surface area contributed by atoms with Gasteiger partial charge in [0.15, 0.2) is 0 Å². The lowest BCUT2D eigenvalue weighted by atomic mass is 10.3. The van der Waals surface area contributed by atoms with Gasteiger partial charge in [-0.25, -0.2) is 4.79 Å². The van der Waals surface area contributed by atoms with Gasteiger partial charge in [-0.3, -0.25) is 0 Å². The smallest absolute Gasteiger partial charge is 0.490 e. The number of hydrogen-bond acceptors (Lipinski definition) is 3. The van der Waals surface area contributed by atoms with Crippen LogP contribution < -0.4 is 4.74 Å². The quantitative estimate of drug-likeness (QED) is 0.569. The molecule has 4 heteroatoms. The molecule has 1 N–H and O–H groups in total. The molecule has 0 atom stereocenters. The Morgan fingerprint density at radius 2 is 1.92 bits per heavy atom. The molecule has 1 rings (SSSR count). The molecule has 0 radical (unpaired) electrons. The monoisotopic (exact) mass is 182 g/mol. The van der Waals surface area contributed by atoms with Gasteiger partial charge in [0.1, 0.15) is 19.0 Å². The Morgan fingerprint density at radius 1 is 1.23 bits per heavy atom. The van der Waals surface area contributed by atoms with Crippen molar-refractivity contribution in [3.05, 3.63) is 30.3 Å². The van der Waals surface area contributed by atoms with Crippen molar-refractivity contribution in [2.45, 2.75) is 0 Å². The average molecular weight is 182 g/mol. The molecule has 0 aliphatic rings. The molecule has 0 spiro atoms. The van der Waals surface area contributed by atoms with Gasteiger partial charge in [0.05, 0.1) is 0 Å². The molecule has 13 heavy (non-hydrogen) atoms. The van der Waals surface area contributed by atoms with E-state index in [2.05, 4.69) is 4.74 Å². The van der Waals surface area contributed by atoms with Gasteiger partial charge in [0.2, 0.25) is 0 Å². The first kappa shape index (κ1) is 9.38. The van der Waals surface area contributed by atoms with Crippen LogP contribution >= 0.6 is 0 Å². The fraction of sp³-hybridized carbons (Fsp3) is 0.222. The summed E-state index contributed by atoms with van der Waals surface area (Å²) in [6, 6.07) is 9.14. The van der Waals surface area contributed by atoms with E-state index in [1.54, 1.807) is 12.1 Å². The SMILES string of the molecule is O=C(O)OCCOc1ccccc1. The molecule has 0 saturated carbocycles. The summed E-state index contributed by atoms with van der Waals surface area (Å²) in [6.45, 7) is 0.278. The summed E-state index contributed by atoms with van der Waals surface area (Å²) in [4.78, 5) is 9.93. The fourth-order valence-electron chi connectivity index (χ4n) is 0.805. The summed E-state index contributed by atoms with van der Waals surface area (Å²) >= 11 is 0. The lowest BCUT2D eigenvalue weighted by molar-refractivity contribution is 0.0781. The van der Waals surface area contributed by atoms with Crippen molar-refractivity contribution in [2.75, 3.05) is 13.2 Å². The third kappa shape index (κ3) is 4.00. The third-order valence-electron chi connectivity index (χ3n) is 1.32. The predicted molar refractivity (Wildman–Crippen MR) is 45.9 cm³/mol. The number of carbonyl (C=O) groups is 1. The van der Waals surface area contributed by atoms with E-state index in [0.717, 1.165) is 0 Å². The molecule has 0 fully saturated rings. The first-order valence-electron chi connectivity index (χ1n) is 3.82. The second kappa shape index (κ2) is 5.03. The highest BCUT2D eigenvalue weighted by atomic mass is 16.7. The molecule has 0 aromatic heterocycles. The molecule has 0 aliphatic heterocycles. The van der Waals surface area contributed by atoms with Crippen LogP contribution in [0, 0.1) is 0 Å². The van der Waals surface area contributed by atoms with Crippen molar-refractivity contribution in [1.82, 2.24) is 0 Å². The van der Waals surface area contributed by atoms with Crippen LogP contribution in [0.15, 0.2) is 30.3 Å². The van der Waals surface area contributed by atoms with E-state index in [1.165, 1.54) is 0 Å². The summed E-state index contributed by atoms with van der Waals surface area (Å²) in [7, 11) is 0. The van der Waals surface area contributed by atoms with Gasteiger partial charge < -0.3 is 14.6 Å². The minimum Gasteiger partial charge on any atom is -0.490 e. The number of hydrogen-bond donors (Lipinski definition) is 1. The van der Waals surface area contributed by atoms with E-state index < -0.39 is 6.16 Å². The normalized spacial score (nSPS) is 9.23. The number of para-hydroxylation sites is 1. The Morgan fingerprint density at radius 3 is 2.54 bits per heavy atom. The second-order valence-electron chi connectivity index (χ2n) is 2.28. The van der Waals surface area contributed by atoms with Crippen molar-refractivity contribution in [1.29, 1.82) is 0 Å². The maximum atomic E-state index is 9.93. The molecular weight excluding hydrogens is 172 g/mol. The zero-order valence-corrected chi connectivity index (χ0v) is 6.97. The maximum absolute atomic E-state index is 9.93. The highest BCUT2D eigenvalue weighted by Crippen LogP contribution is 2.07. The van der Waals surface area contributed by atoms with E-state index >= 15 is 0 Å². The Hall–Kier alpha value is -1.71. The molecule has 0 saturated heterocycles. The molecule has 0 amide bonds. The summed E-state index contributed by atoms with van der Waals surface area (Å²) < 4.78 is 9.42. The number of carboxylic acid groups (broad SMARTS) is 1. The van der Waals surface area contributed by atoms with E-state index in [-0.39, 0.29) is 13.2 Å². The van der Waals surface area contributed by atoms with Crippen molar-refractivity contribution in [2.24, 2.45) is 0 Å². The molecule has 1 aromatic carbocycles. The minimum absolute atomic E-state index is 0.0459. The van der Waals surface area contributed by atoms with Crippen LogP contribution in [0.3, 0.4) is 0 Å². The van der Waals surface area contributed by atoms with E-state index in [0.29, 0.717) is 5.75 Å². The first-order valence-corrected chi connectivity index (χ1v) is 3.82. The van der Waals surface area contributed by atoms with Gasteiger partial charge in [-0.2, -0.15) is 0 Å². The zero-order chi connectivity index (χ0) is 9.52. The summed E-state index contributed by atoms with van der Waals surface area (Å²) in [5.74, 6) is 0.705. The van der Waals surface area contributed by atoms with Gasteiger partial charge in [-0.05, 0) is 12.1 Å². The maximum Gasteiger partial charge on any atom is 0.505 e. The highest BCUT2D eigenvalue weighted by Gasteiger charge is 1.95. The topological polar surface area (TPSA) is 55.8 Å². The van der Waals surface area contributed by atoms with Crippen LogP contribution in [-0.2, 0) is 4.74 Å². The lowest BCUT2D eigenvalue weighted by Crippen LogP contribution is -2.09. The van der Waals surface area contributed by atoms with E-state index in [1.807, 2.05) is 18.2 Å². The Balaban J connectivity index is 2.17. The highest BCUT2D eigenvalue weighted by molar-refractivity contribution is 5.56. The number of rotatable bonds is 4. The lowest BCUT2D eigenvalue weighted by Gasteiger charge is -2.04. The second-order valence-corrected chi connectivity index (χ2v) is 2.28. The summed E-state index contributed by atoms with van der Waals surface area (Å²) in [5.41, 5.74) is 0. The van der Waals surface area contributed by atoms with Gasteiger partial charge in [-0.1, -0.05) is 18.2 Å². The minimum atomic E-state index is -1.28. The Kier molecular flexibility index (Phi) is 3.63. The largest absolute Gasteiger partial charge is 0.505 e. The fourth-order valence-corrected chi connectivity index (χ4v) is 0.805. The van der Waals surface area contributed by atoms with Gasteiger partial charge in [-0.15, -0.1) is 0 Å². The van der Waals surface area contributed by atoms with Crippen LogP contribution in [0.2, 0.25) is 0 Å². The van der Waals surface area contributed by atoms with Crippen LogP contribution in [0.25, 0.3) is 0 Å². The summed E-state index contributed by atoms with van der Waals surface area (Å²) in [6.07, 6.45) is -1.28. The zero-order valence-electron chi connectivity index (χ0n) is 6.97. The molecule has 0 unspecified atom stereocenters. The van der Waals surface area contributed by atoms with Crippen molar-refractivity contribution < 1.29 is 19.4 Å². The van der Waals surface area contributed by atoms with E-state index in [9.17, 15) is 4.79 Å². The van der Waals surface area contributed by atoms with Crippen LogP contribution in [0.1, 0.15) is 0 Å². The molecule has 0 aliphatic carbocycles. The number of benzene rings is 1. The van der Waals surface area contributed by atoms with Crippen molar-refractivity contribution >= 4 is 6.16 Å². The van der Waals surface area contributed by atoms with E-state index in [4.69, 9.17) is 9.84 Å². The number of ether oxygens (including phenoxy) is 2. The van der Waals surface area contributed by atoms with Crippen molar-refractivity contribution in [3.8, 4) is 5.75 Å². The van der Waals surface area contributed by atoms with Crippen molar-refractivity contribution in [3.63, 3.8) is 0 Å². The molecule has 0 heterocycles. The molecule has 4 nitrogen and oxygen atoms in total. The van der Waals surface area contributed by atoms with Gasteiger partial charge >= 0.3 is 6.16 Å². The van der Waals surface area contributed by atoms with Crippen LogP contribution in [-0.4, -0.2) is 24.5 Å². The standard InChI is InChI=1S/C9H10O4/c10-9(11)13-7-6-12-8-4-2-1-3-5-8/h1-5H,6-7H2,(H,10,11).